The lowest BCUT2D eigenvalue weighted by atomic mass is 10.1. The molecule has 6 heteroatoms. The van der Waals surface area contributed by atoms with Crippen molar-refractivity contribution in [3.63, 3.8) is 0 Å². The molecule has 1 aromatic carbocycles. The molecular weight excluding hydrogens is 334 g/mol. The molecule has 2 rings (SSSR count). The Balaban J connectivity index is 2.14. The van der Waals surface area contributed by atoms with Crippen molar-refractivity contribution < 1.29 is 5.11 Å². The van der Waals surface area contributed by atoms with Crippen LogP contribution in [0.1, 0.15) is 11.1 Å². The quantitative estimate of drug-likeness (QED) is 0.785. The molecule has 0 unspecified atom stereocenters. The maximum absolute atomic E-state index is 12.0. The van der Waals surface area contributed by atoms with Crippen LogP contribution in [0.4, 0.5) is 5.69 Å². The van der Waals surface area contributed by atoms with Crippen LogP contribution in [-0.2, 0) is 19.7 Å². The smallest absolute Gasteiger partial charge is 0.283 e. The number of aliphatic hydroxyl groups excluding tert-OH is 1. The molecule has 0 atom stereocenters. The van der Waals surface area contributed by atoms with Gasteiger partial charge in [-0.2, -0.15) is 5.10 Å². The summed E-state index contributed by atoms with van der Waals surface area (Å²) in [5.74, 6) is 0. The molecule has 0 aliphatic heterocycles. The standard InChI is InChI=1S/C15H16BrN3O2/c1-2-6-19-15(21)14(16)13(9-18-19)17-8-11-4-3-5-12(7-11)10-20/h2-5,7,9,17,20H,1,6,8,10H2. The van der Waals surface area contributed by atoms with Crippen LogP contribution in [0.15, 0.2) is 52.4 Å². The molecule has 2 aromatic rings. The molecule has 0 aliphatic rings. The maximum atomic E-state index is 12.0. The molecule has 1 heterocycles. The van der Waals surface area contributed by atoms with Crippen molar-refractivity contribution in [2.45, 2.75) is 19.7 Å². The van der Waals surface area contributed by atoms with Crippen LogP contribution in [0.3, 0.4) is 0 Å². The zero-order valence-corrected chi connectivity index (χ0v) is 13.0. The number of rotatable bonds is 6. The predicted octanol–water partition coefficient (Wildman–Crippen LogP) is 2.30. The number of aliphatic hydroxyl groups is 1. The first-order valence-corrected chi connectivity index (χ1v) is 7.24. The summed E-state index contributed by atoms with van der Waals surface area (Å²) in [5, 5.41) is 16.4. The van der Waals surface area contributed by atoms with Gasteiger partial charge in [-0.1, -0.05) is 30.3 Å². The monoisotopic (exact) mass is 349 g/mol. The SMILES string of the molecule is C=CCn1ncc(NCc2cccc(CO)c2)c(Br)c1=O. The first kappa shape index (κ1) is 15.5. The molecule has 110 valence electrons. The number of anilines is 1. The molecule has 0 spiro atoms. The summed E-state index contributed by atoms with van der Waals surface area (Å²) in [4.78, 5) is 12.0. The second-order valence-electron chi connectivity index (χ2n) is 4.48. The molecule has 1 aromatic heterocycles. The predicted molar refractivity (Wildman–Crippen MR) is 86.1 cm³/mol. The molecule has 5 nitrogen and oxygen atoms in total. The van der Waals surface area contributed by atoms with E-state index in [1.165, 1.54) is 4.68 Å². The second kappa shape index (κ2) is 7.19. The molecule has 0 saturated carbocycles. The number of benzene rings is 1. The minimum absolute atomic E-state index is 0.0106. The van der Waals surface area contributed by atoms with Gasteiger partial charge < -0.3 is 10.4 Å². The Morgan fingerprint density at radius 3 is 2.90 bits per heavy atom. The summed E-state index contributed by atoms with van der Waals surface area (Å²) in [5.41, 5.74) is 2.30. The van der Waals surface area contributed by atoms with Gasteiger partial charge in [0, 0.05) is 6.54 Å². The Morgan fingerprint density at radius 1 is 1.43 bits per heavy atom. The number of hydrogen-bond donors (Lipinski definition) is 2. The lowest BCUT2D eigenvalue weighted by molar-refractivity contribution is 0.281. The Morgan fingerprint density at radius 2 is 2.19 bits per heavy atom. The molecule has 2 N–H and O–H groups in total. The summed E-state index contributed by atoms with van der Waals surface area (Å²) in [6, 6.07) is 7.61. The zero-order chi connectivity index (χ0) is 15.2. The van der Waals surface area contributed by atoms with E-state index in [1.54, 1.807) is 12.3 Å². The van der Waals surface area contributed by atoms with Crippen molar-refractivity contribution in [2.75, 3.05) is 5.32 Å². The van der Waals surface area contributed by atoms with Gasteiger partial charge in [-0.25, -0.2) is 4.68 Å². The van der Waals surface area contributed by atoms with E-state index in [0.717, 1.165) is 11.1 Å². The van der Waals surface area contributed by atoms with Crippen LogP contribution in [0.2, 0.25) is 0 Å². The zero-order valence-electron chi connectivity index (χ0n) is 11.4. The third-order valence-electron chi connectivity index (χ3n) is 2.94. The molecule has 0 bridgehead atoms. The van der Waals surface area contributed by atoms with Gasteiger partial charge in [-0.3, -0.25) is 4.79 Å². The summed E-state index contributed by atoms with van der Waals surface area (Å²) in [6.07, 6.45) is 3.22. The van der Waals surface area contributed by atoms with Crippen molar-refractivity contribution in [1.29, 1.82) is 0 Å². The summed E-state index contributed by atoms with van der Waals surface area (Å²) < 4.78 is 1.77. The van der Waals surface area contributed by atoms with E-state index in [0.29, 0.717) is 23.2 Å². The first-order chi connectivity index (χ1) is 10.2. The highest BCUT2D eigenvalue weighted by atomic mass is 79.9. The highest BCUT2D eigenvalue weighted by Crippen LogP contribution is 2.17. The number of halogens is 1. The molecule has 0 fully saturated rings. The minimum atomic E-state index is -0.205. The van der Waals surface area contributed by atoms with Gasteiger partial charge in [0.25, 0.3) is 5.56 Å². The third-order valence-corrected chi connectivity index (χ3v) is 3.71. The van der Waals surface area contributed by atoms with Gasteiger partial charge in [-0.05, 0) is 27.1 Å². The number of aromatic nitrogens is 2. The van der Waals surface area contributed by atoms with Crippen LogP contribution in [0.25, 0.3) is 0 Å². The highest BCUT2D eigenvalue weighted by Gasteiger charge is 2.07. The fraction of sp³-hybridized carbons (Fsp3) is 0.200. The van der Waals surface area contributed by atoms with E-state index in [-0.39, 0.29) is 12.2 Å². The van der Waals surface area contributed by atoms with Gasteiger partial charge in [0.2, 0.25) is 0 Å². The van der Waals surface area contributed by atoms with E-state index < -0.39 is 0 Å². The Bertz CT molecular complexity index is 698. The summed E-state index contributed by atoms with van der Waals surface area (Å²) in [6.45, 7) is 4.51. The van der Waals surface area contributed by atoms with E-state index in [4.69, 9.17) is 5.11 Å². The Hall–Kier alpha value is -1.92. The van der Waals surface area contributed by atoms with Crippen LogP contribution in [0, 0.1) is 0 Å². The fourth-order valence-electron chi connectivity index (χ4n) is 1.88. The number of nitrogens with one attached hydrogen (secondary N) is 1. The molecular formula is C15H16BrN3O2. The normalized spacial score (nSPS) is 10.4. The number of nitrogens with zero attached hydrogens (tertiary/aromatic N) is 2. The van der Waals surface area contributed by atoms with E-state index in [2.05, 4.69) is 32.9 Å². The average molecular weight is 350 g/mol. The Kier molecular flexibility index (Phi) is 5.30. The molecule has 21 heavy (non-hydrogen) atoms. The van der Waals surface area contributed by atoms with E-state index >= 15 is 0 Å². The van der Waals surface area contributed by atoms with Crippen LogP contribution in [-0.4, -0.2) is 14.9 Å². The van der Waals surface area contributed by atoms with Crippen LogP contribution in [0.5, 0.6) is 0 Å². The van der Waals surface area contributed by atoms with E-state index in [1.807, 2.05) is 24.3 Å². The lowest BCUT2D eigenvalue weighted by Gasteiger charge is -2.10. The number of allylic oxidation sites excluding steroid dienone is 1. The largest absolute Gasteiger partial charge is 0.392 e. The van der Waals surface area contributed by atoms with E-state index in [9.17, 15) is 4.79 Å². The van der Waals surface area contributed by atoms with Gasteiger partial charge in [-0.15, -0.1) is 6.58 Å². The topological polar surface area (TPSA) is 67.2 Å². The van der Waals surface area contributed by atoms with Gasteiger partial charge in [0.15, 0.2) is 0 Å². The van der Waals surface area contributed by atoms with Gasteiger partial charge in [0.05, 0.1) is 25.0 Å². The maximum Gasteiger partial charge on any atom is 0.283 e. The first-order valence-electron chi connectivity index (χ1n) is 6.44. The summed E-state index contributed by atoms with van der Waals surface area (Å²) in [7, 11) is 0. The van der Waals surface area contributed by atoms with Crippen LogP contribution < -0.4 is 10.9 Å². The molecule has 0 saturated heterocycles. The number of hydrogen-bond acceptors (Lipinski definition) is 4. The molecule has 0 amide bonds. The van der Waals surface area contributed by atoms with Crippen molar-refractivity contribution in [3.8, 4) is 0 Å². The highest BCUT2D eigenvalue weighted by molar-refractivity contribution is 9.10. The summed E-state index contributed by atoms with van der Waals surface area (Å²) >= 11 is 3.29. The van der Waals surface area contributed by atoms with Crippen molar-refractivity contribution in [1.82, 2.24) is 9.78 Å². The molecule has 0 radical (unpaired) electrons. The van der Waals surface area contributed by atoms with Crippen molar-refractivity contribution in [3.05, 3.63) is 69.1 Å². The van der Waals surface area contributed by atoms with Crippen molar-refractivity contribution >= 4 is 21.6 Å². The van der Waals surface area contributed by atoms with Gasteiger partial charge in [0.1, 0.15) is 4.47 Å². The minimum Gasteiger partial charge on any atom is -0.392 e. The average Bonchev–Trinajstić information content (AvgIpc) is 2.51. The molecule has 0 aliphatic carbocycles. The third kappa shape index (κ3) is 3.80. The van der Waals surface area contributed by atoms with Crippen molar-refractivity contribution in [2.24, 2.45) is 0 Å². The fourth-order valence-corrected chi connectivity index (χ4v) is 2.32. The second-order valence-corrected chi connectivity index (χ2v) is 5.27. The van der Waals surface area contributed by atoms with Gasteiger partial charge >= 0.3 is 0 Å². The van der Waals surface area contributed by atoms with Crippen LogP contribution >= 0.6 is 15.9 Å². The lowest BCUT2D eigenvalue weighted by Crippen LogP contribution is -2.23. The Labute approximate surface area is 131 Å².